The Kier molecular flexibility index (Phi) is 6.09. The van der Waals surface area contributed by atoms with Crippen LogP contribution in [0.2, 0.25) is 0 Å². The van der Waals surface area contributed by atoms with Gasteiger partial charge < -0.3 is 19.9 Å². The molecule has 0 spiro atoms. The van der Waals surface area contributed by atoms with Gasteiger partial charge >= 0.3 is 0 Å². The summed E-state index contributed by atoms with van der Waals surface area (Å²) < 4.78 is 7.41. The average molecular weight is 288 g/mol. The van der Waals surface area contributed by atoms with Crippen LogP contribution in [0.15, 0.2) is 43.0 Å². The number of imidazole rings is 1. The van der Waals surface area contributed by atoms with Gasteiger partial charge in [0.2, 0.25) is 0 Å². The van der Waals surface area contributed by atoms with E-state index in [-0.39, 0.29) is 0 Å². The summed E-state index contributed by atoms with van der Waals surface area (Å²) in [6.45, 7) is 3.64. The number of rotatable bonds is 9. The molecule has 5 heteroatoms. The SMILES string of the molecule is COc1cccc(N(CCCN)CCCn2ccnc2)c1. The van der Waals surface area contributed by atoms with E-state index < -0.39 is 0 Å². The van der Waals surface area contributed by atoms with Crippen molar-refractivity contribution in [1.29, 1.82) is 0 Å². The molecule has 0 aliphatic heterocycles. The summed E-state index contributed by atoms with van der Waals surface area (Å²) >= 11 is 0. The van der Waals surface area contributed by atoms with Crippen molar-refractivity contribution in [3.05, 3.63) is 43.0 Å². The predicted molar refractivity (Wildman–Crippen MR) is 85.7 cm³/mol. The van der Waals surface area contributed by atoms with Crippen molar-refractivity contribution in [3.8, 4) is 5.75 Å². The maximum absolute atomic E-state index is 5.65. The minimum absolute atomic E-state index is 0.710. The van der Waals surface area contributed by atoms with Gasteiger partial charge in [-0.2, -0.15) is 0 Å². The molecule has 0 saturated carbocycles. The highest BCUT2D eigenvalue weighted by Crippen LogP contribution is 2.21. The number of methoxy groups -OCH3 is 1. The second kappa shape index (κ2) is 8.32. The second-order valence-electron chi connectivity index (χ2n) is 4.98. The number of aromatic nitrogens is 2. The van der Waals surface area contributed by atoms with Gasteiger partial charge in [0.1, 0.15) is 5.75 Å². The molecule has 0 bridgehead atoms. The lowest BCUT2D eigenvalue weighted by atomic mass is 10.2. The number of hydrogen-bond acceptors (Lipinski definition) is 4. The van der Waals surface area contributed by atoms with Gasteiger partial charge in [0.25, 0.3) is 0 Å². The maximum Gasteiger partial charge on any atom is 0.120 e. The molecule has 1 aromatic carbocycles. The first-order valence-electron chi connectivity index (χ1n) is 7.38. The number of nitrogens with two attached hydrogens (primary N) is 1. The van der Waals surface area contributed by atoms with Gasteiger partial charge in [-0.25, -0.2) is 4.98 Å². The van der Waals surface area contributed by atoms with E-state index in [1.54, 1.807) is 7.11 Å². The standard InChI is InChI=1S/C16H24N4O/c1-21-16-6-2-5-15(13-16)20(10-3-7-17)11-4-9-19-12-8-18-14-19/h2,5-6,8,12-14H,3-4,7,9-11,17H2,1H3. The first kappa shape index (κ1) is 15.4. The summed E-state index contributed by atoms with van der Waals surface area (Å²) in [5, 5.41) is 0. The zero-order chi connectivity index (χ0) is 14.9. The van der Waals surface area contributed by atoms with E-state index in [1.165, 1.54) is 5.69 Å². The highest BCUT2D eigenvalue weighted by atomic mass is 16.5. The highest BCUT2D eigenvalue weighted by Gasteiger charge is 2.07. The molecule has 0 aliphatic rings. The van der Waals surface area contributed by atoms with Crippen LogP contribution in [0.3, 0.4) is 0 Å². The van der Waals surface area contributed by atoms with E-state index in [9.17, 15) is 0 Å². The molecule has 0 saturated heterocycles. The molecule has 1 aromatic heterocycles. The third kappa shape index (κ3) is 4.79. The Hall–Kier alpha value is -2.01. The molecule has 2 aromatic rings. The van der Waals surface area contributed by atoms with Gasteiger partial charge in [0.15, 0.2) is 0 Å². The number of ether oxygens (including phenoxy) is 1. The number of benzene rings is 1. The van der Waals surface area contributed by atoms with E-state index in [4.69, 9.17) is 10.5 Å². The molecule has 0 aliphatic carbocycles. The lowest BCUT2D eigenvalue weighted by Gasteiger charge is -2.25. The Bertz CT molecular complexity index is 513. The fraction of sp³-hybridized carbons (Fsp3) is 0.438. The van der Waals surface area contributed by atoms with Crippen LogP contribution in [0.5, 0.6) is 5.75 Å². The third-order valence-corrected chi connectivity index (χ3v) is 3.45. The largest absolute Gasteiger partial charge is 0.497 e. The summed E-state index contributed by atoms with van der Waals surface area (Å²) in [6, 6.07) is 8.19. The summed E-state index contributed by atoms with van der Waals surface area (Å²) in [5.41, 5.74) is 6.84. The lowest BCUT2D eigenvalue weighted by Crippen LogP contribution is -2.28. The molecule has 5 nitrogen and oxygen atoms in total. The van der Waals surface area contributed by atoms with Gasteiger partial charge in [-0.3, -0.25) is 0 Å². The smallest absolute Gasteiger partial charge is 0.120 e. The van der Waals surface area contributed by atoms with Crippen LogP contribution >= 0.6 is 0 Å². The second-order valence-corrected chi connectivity index (χ2v) is 4.98. The van der Waals surface area contributed by atoms with Gasteiger partial charge in [0, 0.05) is 43.8 Å². The molecule has 0 radical (unpaired) electrons. The van der Waals surface area contributed by atoms with Crippen molar-refractivity contribution >= 4 is 5.69 Å². The van der Waals surface area contributed by atoms with E-state index >= 15 is 0 Å². The van der Waals surface area contributed by atoms with Gasteiger partial charge in [-0.05, 0) is 31.5 Å². The third-order valence-electron chi connectivity index (χ3n) is 3.45. The van der Waals surface area contributed by atoms with E-state index in [2.05, 4.69) is 26.6 Å². The van der Waals surface area contributed by atoms with Crippen molar-refractivity contribution < 1.29 is 4.74 Å². The predicted octanol–water partition coefficient (Wildman–Crippen LogP) is 2.14. The Morgan fingerprint density at radius 3 is 2.86 bits per heavy atom. The molecule has 1 heterocycles. The van der Waals surface area contributed by atoms with Crippen LogP contribution in [-0.4, -0.2) is 36.3 Å². The van der Waals surface area contributed by atoms with E-state index in [0.717, 1.165) is 38.2 Å². The van der Waals surface area contributed by atoms with Gasteiger partial charge in [-0.15, -0.1) is 0 Å². The fourth-order valence-corrected chi connectivity index (χ4v) is 2.32. The molecule has 0 fully saturated rings. The number of nitrogens with zero attached hydrogens (tertiary/aromatic N) is 3. The quantitative estimate of drug-likeness (QED) is 0.768. The number of aryl methyl sites for hydroxylation is 1. The van der Waals surface area contributed by atoms with Crippen LogP contribution in [0, 0.1) is 0 Å². The van der Waals surface area contributed by atoms with E-state index in [0.29, 0.717) is 6.54 Å². The fourth-order valence-electron chi connectivity index (χ4n) is 2.32. The lowest BCUT2D eigenvalue weighted by molar-refractivity contribution is 0.414. The Morgan fingerprint density at radius 2 is 2.14 bits per heavy atom. The van der Waals surface area contributed by atoms with Gasteiger partial charge in [0.05, 0.1) is 13.4 Å². The summed E-state index contributed by atoms with van der Waals surface area (Å²) in [5.74, 6) is 0.889. The van der Waals surface area contributed by atoms with E-state index in [1.807, 2.05) is 30.9 Å². The Morgan fingerprint density at radius 1 is 1.29 bits per heavy atom. The molecule has 0 unspecified atom stereocenters. The van der Waals surface area contributed by atoms with Crippen LogP contribution in [0.25, 0.3) is 0 Å². The minimum Gasteiger partial charge on any atom is -0.497 e. The van der Waals surface area contributed by atoms with Crippen LogP contribution in [-0.2, 0) is 6.54 Å². The van der Waals surface area contributed by atoms with Gasteiger partial charge in [-0.1, -0.05) is 6.07 Å². The molecular weight excluding hydrogens is 264 g/mol. The molecule has 0 atom stereocenters. The van der Waals surface area contributed by atoms with Crippen molar-refractivity contribution in [2.45, 2.75) is 19.4 Å². The van der Waals surface area contributed by atoms with Crippen molar-refractivity contribution in [1.82, 2.24) is 9.55 Å². The molecule has 2 rings (SSSR count). The molecule has 114 valence electrons. The van der Waals surface area contributed by atoms with Crippen LogP contribution in [0.4, 0.5) is 5.69 Å². The normalized spacial score (nSPS) is 10.6. The van der Waals surface area contributed by atoms with Crippen LogP contribution in [0.1, 0.15) is 12.8 Å². The highest BCUT2D eigenvalue weighted by molar-refractivity contribution is 5.50. The molecule has 21 heavy (non-hydrogen) atoms. The zero-order valence-corrected chi connectivity index (χ0v) is 12.6. The summed E-state index contributed by atoms with van der Waals surface area (Å²) in [6.07, 6.45) is 7.72. The Balaban J connectivity index is 1.95. The average Bonchev–Trinajstić information content (AvgIpc) is 3.04. The summed E-state index contributed by atoms with van der Waals surface area (Å²) in [4.78, 5) is 6.43. The first-order chi connectivity index (χ1) is 10.3. The molecule has 2 N–H and O–H groups in total. The molecular formula is C16H24N4O. The van der Waals surface area contributed by atoms with Crippen LogP contribution < -0.4 is 15.4 Å². The maximum atomic E-state index is 5.65. The zero-order valence-electron chi connectivity index (χ0n) is 12.6. The minimum atomic E-state index is 0.710. The van der Waals surface area contributed by atoms with Crippen molar-refractivity contribution in [2.75, 3.05) is 31.6 Å². The number of hydrogen-bond donors (Lipinski definition) is 1. The molecule has 0 amide bonds. The van der Waals surface area contributed by atoms with Crippen molar-refractivity contribution in [3.63, 3.8) is 0 Å². The monoisotopic (exact) mass is 288 g/mol. The summed E-state index contributed by atoms with van der Waals surface area (Å²) in [7, 11) is 1.70. The first-order valence-corrected chi connectivity index (χ1v) is 7.38. The van der Waals surface area contributed by atoms with Crippen molar-refractivity contribution in [2.24, 2.45) is 5.73 Å². The topological polar surface area (TPSA) is 56.3 Å². The Labute approximate surface area is 126 Å². The number of anilines is 1.